The Labute approximate surface area is 92.1 Å². The average Bonchev–Trinajstić information content (AvgIpc) is 2.20. The number of hydrogen-bond donors (Lipinski definition) is 2. The van der Waals surface area contributed by atoms with E-state index in [1.54, 1.807) is 18.2 Å². The van der Waals surface area contributed by atoms with Crippen molar-refractivity contribution in [3.63, 3.8) is 0 Å². The van der Waals surface area contributed by atoms with Gasteiger partial charge in [-0.2, -0.15) is 0 Å². The highest BCUT2D eigenvalue weighted by molar-refractivity contribution is 6.31. The van der Waals surface area contributed by atoms with Crippen molar-refractivity contribution in [3.8, 4) is 5.75 Å². The zero-order valence-corrected chi connectivity index (χ0v) is 8.86. The lowest BCUT2D eigenvalue weighted by molar-refractivity contribution is -0.146. The highest BCUT2D eigenvalue weighted by Crippen LogP contribution is 2.23. The van der Waals surface area contributed by atoms with E-state index in [1.165, 1.54) is 7.11 Å². The number of carboxylic acids is 1. The van der Waals surface area contributed by atoms with Crippen molar-refractivity contribution in [1.29, 1.82) is 0 Å². The molecule has 0 heterocycles. The van der Waals surface area contributed by atoms with Crippen LogP contribution in [0.1, 0.15) is 5.56 Å². The second-order valence-electron chi connectivity index (χ2n) is 3.02. The molecule has 15 heavy (non-hydrogen) atoms. The fourth-order valence-corrected chi connectivity index (χ4v) is 1.36. The number of aliphatic carboxylic acids is 1. The van der Waals surface area contributed by atoms with Gasteiger partial charge in [0.05, 0.1) is 7.11 Å². The summed E-state index contributed by atoms with van der Waals surface area (Å²) in [6, 6.07) is 4.87. The number of benzene rings is 1. The minimum Gasteiger partial charge on any atom is -0.497 e. The van der Waals surface area contributed by atoms with E-state index in [0.29, 0.717) is 16.3 Å². The van der Waals surface area contributed by atoms with Crippen molar-refractivity contribution in [2.75, 3.05) is 7.11 Å². The SMILES string of the molecule is COc1ccc(CC(O)C(=O)O)c(Cl)c1. The summed E-state index contributed by atoms with van der Waals surface area (Å²) in [6.45, 7) is 0. The van der Waals surface area contributed by atoms with Crippen molar-refractivity contribution < 1.29 is 19.7 Å². The number of aliphatic hydroxyl groups is 1. The molecular weight excluding hydrogens is 220 g/mol. The van der Waals surface area contributed by atoms with Gasteiger partial charge in [-0.3, -0.25) is 0 Å². The Hall–Kier alpha value is -1.26. The number of hydrogen-bond acceptors (Lipinski definition) is 3. The molecule has 0 spiro atoms. The van der Waals surface area contributed by atoms with Crippen LogP contribution < -0.4 is 4.74 Å². The Morgan fingerprint density at radius 2 is 2.27 bits per heavy atom. The number of ether oxygens (including phenoxy) is 1. The van der Waals surface area contributed by atoms with Crippen molar-refractivity contribution in [1.82, 2.24) is 0 Å². The summed E-state index contributed by atoms with van der Waals surface area (Å²) < 4.78 is 4.94. The summed E-state index contributed by atoms with van der Waals surface area (Å²) in [7, 11) is 1.51. The van der Waals surface area contributed by atoms with E-state index < -0.39 is 12.1 Å². The third kappa shape index (κ3) is 3.11. The van der Waals surface area contributed by atoms with Crippen molar-refractivity contribution in [2.24, 2.45) is 0 Å². The van der Waals surface area contributed by atoms with E-state index in [0.717, 1.165) is 0 Å². The van der Waals surface area contributed by atoms with Gasteiger partial charge in [-0.25, -0.2) is 4.79 Å². The van der Waals surface area contributed by atoms with Crippen LogP contribution in [0, 0.1) is 0 Å². The first kappa shape index (κ1) is 11.8. The fraction of sp³-hybridized carbons (Fsp3) is 0.300. The van der Waals surface area contributed by atoms with Crippen LogP contribution in [0.2, 0.25) is 5.02 Å². The van der Waals surface area contributed by atoms with Gasteiger partial charge in [-0.05, 0) is 17.7 Å². The molecule has 0 aliphatic rings. The molecule has 82 valence electrons. The van der Waals surface area contributed by atoms with Crippen molar-refractivity contribution >= 4 is 17.6 Å². The van der Waals surface area contributed by atoms with Crippen molar-refractivity contribution in [2.45, 2.75) is 12.5 Å². The lowest BCUT2D eigenvalue weighted by atomic mass is 10.1. The van der Waals surface area contributed by atoms with Gasteiger partial charge in [0.15, 0.2) is 6.10 Å². The summed E-state index contributed by atoms with van der Waals surface area (Å²) >= 11 is 5.87. The molecule has 0 amide bonds. The Morgan fingerprint density at radius 3 is 2.73 bits per heavy atom. The van der Waals surface area contributed by atoms with Gasteiger partial charge >= 0.3 is 5.97 Å². The molecule has 1 atom stereocenters. The third-order valence-electron chi connectivity index (χ3n) is 1.96. The van der Waals surface area contributed by atoms with Gasteiger partial charge in [0.2, 0.25) is 0 Å². The molecule has 0 aromatic heterocycles. The summed E-state index contributed by atoms with van der Waals surface area (Å²) in [5, 5.41) is 18.0. The number of carboxylic acid groups (broad SMARTS) is 1. The quantitative estimate of drug-likeness (QED) is 0.819. The Morgan fingerprint density at radius 1 is 1.60 bits per heavy atom. The molecule has 0 fully saturated rings. The van der Waals surface area contributed by atoms with Gasteiger partial charge in [0.1, 0.15) is 5.75 Å². The van der Waals surface area contributed by atoms with Gasteiger partial charge in [0.25, 0.3) is 0 Å². The van der Waals surface area contributed by atoms with E-state index in [1.807, 2.05) is 0 Å². The van der Waals surface area contributed by atoms with Crippen LogP contribution >= 0.6 is 11.6 Å². The van der Waals surface area contributed by atoms with E-state index in [4.69, 9.17) is 26.6 Å². The molecule has 1 aromatic carbocycles. The molecule has 0 saturated heterocycles. The number of rotatable bonds is 4. The minimum atomic E-state index is -1.43. The first-order valence-corrected chi connectivity index (χ1v) is 4.65. The molecule has 4 nitrogen and oxygen atoms in total. The second-order valence-corrected chi connectivity index (χ2v) is 3.42. The number of halogens is 1. The zero-order chi connectivity index (χ0) is 11.4. The van der Waals surface area contributed by atoms with Gasteiger partial charge in [0, 0.05) is 11.4 Å². The van der Waals surface area contributed by atoms with Gasteiger partial charge in [-0.15, -0.1) is 0 Å². The molecule has 1 rings (SSSR count). The molecular formula is C10H11ClO4. The normalized spacial score (nSPS) is 12.2. The maximum absolute atomic E-state index is 10.4. The largest absolute Gasteiger partial charge is 0.497 e. The van der Waals surface area contributed by atoms with Crippen LogP contribution in [0.25, 0.3) is 0 Å². The summed E-state index contributed by atoms with van der Waals surface area (Å²) in [5.74, 6) is -0.671. The average molecular weight is 231 g/mol. The predicted octanol–water partition coefficient (Wildman–Crippen LogP) is 1.34. The van der Waals surface area contributed by atoms with E-state index in [2.05, 4.69) is 0 Å². The Bertz CT molecular complexity index is 364. The fourth-order valence-electron chi connectivity index (χ4n) is 1.12. The molecule has 2 N–H and O–H groups in total. The van der Waals surface area contributed by atoms with E-state index >= 15 is 0 Å². The predicted molar refractivity (Wildman–Crippen MR) is 55.4 cm³/mol. The zero-order valence-electron chi connectivity index (χ0n) is 8.11. The first-order valence-electron chi connectivity index (χ1n) is 4.28. The van der Waals surface area contributed by atoms with Gasteiger partial charge in [-0.1, -0.05) is 17.7 Å². The maximum Gasteiger partial charge on any atom is 0.332 e. The second kappa shape index (κ2) is 5.00. The molecule has 0 aliphatic carbocycles. The van der Waals surface area contributed by atoms with Crippen LogP contribution in [0.3, 0.4) is 0 Å². The topological polar surface area (TPSA) is 66.8 Å². The summed E-state index contributed by atoms with van der Waals surface area (Å²) in [4.78, 5) is 10.4. The van der Waals surface area contributed by atoms with Crippen LogP contribution in [0.5, 0.6) is 5.75 Å². The highest BCUT2D eigenvalue weighted by Gasteiger charge is 2.15. The molecule has 1 unspecified atom stereocenters. The molecule has 0 saturated carbocycles. The molecule has 1 aromatic rings. The lowest BCUT2D eigenvalue weighted by Crippen LogP contribution is -2.22. The van der Waals surface area contributed by atoms with Crippen LogP contribution in [0.4, 0.5) is 0 Å². The monoisotopic (exact) mass is 230 g/mol. The Kier molecular flexibility index (Phi) is 3.94. The van der Waals surface area contributed by atoms with Crippen LogP contribution in [0.15, 0.2) is 18.2 Å². The number of aliphatic hydroxyl groups excluding tert-OH is 1. The number of carbonyl (C=O) groups is 1. The maximum atomic E-state index is 10.4. The standard InChI is InChI=1S/C10H11ClO4/c1-15-7-3-2-6(8(11)5-7)4-9(12)10(13)14/h2-3,5,9,12H,4H2,1H3,(H,13,14). The van der Waals surface area contributed by atoms with E-state index in [-0.39, 0.29) is 6.42 Å². The smallest absolute Gasteiger partial charge is 0.332 e. The minimum absolute atomic E-state index is 0.0157. The first-order chi connectivity index (χ1) is 7.04. The molecule has 0 aliphatic heterocycles. The van der Waals surface area contributed by atoms with Crippen LogP contribution in [-0.4, -0.2) is 29.4 Å². The molecule has 5 heteroatoms. The van der Waals surface area contributed by atoms with Crippen LogP contribution in [-0.2, 0) is 11.2 Å². The van der Waals surface area contributed by atoms with E-state index in [9.17, 15) is 4.79 Å². The molecule has 0 bridgehead atoms. The van der Waals surface area contributed by atoms with Gasteiger partial charge < -0.3 is 14.9 Å². The molecule has 0 radical (unpaired) electrons. The lowest BCUT2D eigenvalue weighted by Gasteiger charge is -2.08. The Balaban J connectivity index is 2.82. The van der Waals surface area contributed by atoms with Crippen molar-refractivity contribution in [3.05, 3.63) is 28.8 Å². The number of methoxy groups -OCH3 is 1. The highest BCUT2D eigenvalue weighted by atomic mass is 35.5. The third-order valence-corrected chi connectivity index (χ3v) is 2.31. The summed E-state index contributed by atoms with van der Waals surface area (Å²) in [6.07, 6.45) is -1.45. The summed E-state index contributed by atoms with van der Waals surface area (Å²) in [5.41, 5.74) is 0.576.